The van der Waals surface area contributed by atoms with Crippen molar-refractivity contribution in [2.45, 2.75) is 45.8 Å². The Morgan fingerprint density at radius 1 is 1.18 bits per heavy atom. The van der Waals surface area contributed by atoms with E-state index in [0.29, 0.717) is 22.4 Å². The Morgan fingerprint density at radius 2 is 1.73 bits per heavy atom. The molecule has 0 amide bonds. The average Bonchev–Trinajstić information content (AvgIpc) is 2.61. The van der Waals surface area contributed by atoms with E-state index in [9.17, 15) is 4.79 Å². The lowest BCUT2D eigenvalue weighted by atomic mass is 9.76. The number of hydrogen-bond donors (Lipinski definition) is 2. The summed E-state index contributed by atoms with van der Waals surface area (Å²) in [5, 5.41) is 0. The first-order chi connectivity index (χ1) is 10.1. The molecule has 0 radical (unpaired) electrons. The van der Waals surface area contributed by atoms with Gasteiger partial charge in [-0.3, -0.25) is 0 Å². The molecule has 0 saturated carbocycles. The Hall–Kier alpha value is -1.73. The van der Waals surface area contributed by atoms with Crippen LogP contribution < -0.4 is 16.9 Å². The van der Waals surface area contributed by atoms with Gasteiger partial charge in [-0.1, -0.05) is 0 Å². The summed E-state index contributed by atoms with van der Waals surface area (Å²) in [6, 6.07) is 3.12. The lowest BCUT2D eigenvalue weighted by Crippen LogP contribution is -2.41. The van der Waals surface area contributed by atoms with Crippen molar-refractivity contribution in [2.75, 3.05) is 18.1 Å². The van der Waals surface area contributed by atoms with Crippen molar-refractivity contribution in [3.8, 4) is 0 Å². The van der Waals surface area contributed by atoms with Crippen LogP contribution in [0.5, 0.6) is 0 Å². The molecular formula is C15H23BN2O4. The zero-order valence-corrected chi connectivity index (χ0v) is 13.7. The number of ether oxygens (including phenoxy) is 1. The molecule has 6 nitrogen and oxygen atoms in total. The number of nitrogens with two attached hydrogens (primary N) is 2. The SMILES string of the molecule is CCOC(=O)c1cc(N)c(N)c(B2OC(C)(C)C(C)(C)O2)c1. The van der Waals surface area contributed by atoms with Crippen LogP contribution in [-0.2, 0) is 14.0 Å². The van der Waals surface area contributed by atoms with Gasteiger partial charge in [0.15, 0.2) is 0 Å². The Bertz CT molecular complexity index is 585. The minimum Gasteiger partial charge on any atom is -0.462 e. The van der Waals surface area contributed by atoms with Crippen LogP contribution >= 0.6 is 0 Å². The maximum Gasteiger partial charge on any atom is 0.497 e. The van der Waals surface area contributed by atoms with Gasteiger partial charge in [-0.2, -0.15) is 0 Å². The number of carbonyl (C=O) groups is 1. The number of benzene rings is 1. The van der Waals surface area contributed by atoms with Crippen LogP contribution in [0.3, 0.4) is 0 Å². The van der Waals surface area contributed by atoms with Gasteiger partial charge in [-0.25, -0.2) is 4.79 Å². The van der Waals surface area contributed by atoms with E-state index in [0.717, 1.165) is 0 Å². The highest BCUT2D eigenvalue weighted by atomic mass is 16.7. The monoisotopic (exact) mass is 306 g/mol. The molecule has 22 heavy (non-hydrogen) atoms. The molecule has 1 heterocycles. The molecule has 1 aromatic rings. The van der Waals surface area contributed by atoms with Crippen molar-refractivity contribution >= 4 is 29.9 Å². The van der Waals surface area contributed by atoms with Crippen molar-refractivity contribution in [1.29, 1.82) is 0 Å². The van der Waals surface area contributed by atoms with Crippen LogP contribution in [0.1, 0.15) is 45.0 Å². The van der Waals surface area contributed by atoms with Crippen molar-refractivity contribution < 1.29 is 18.8 Å². The highest BCUT2D eigenvalue weighted by Crippen LogP contribution is 2.37. The van der Waals surface area contributed by atoms with Gasteiger partial charge < -0.3 is 25.5 Å². The van der Waals surface area contributed by atoms with Gasteiger partial charge in [-0.15, -0.1) is 0 Å². The molecule has 0 spiro atoms. The van der Waals surface area contributed by atoms with Crippen LogP contribution in [0.25, 0.3) is 0 Å². The summed E-state index contributed by atoms with van der Waals surface area (Å²) in [7, 11) is -0.679. The fraction of sp³-hybridized carbons (Fsp3) is 0.533. The predicted molar refractivity (Wildman–Crippen MR) is 86.9 cm³/mol. The van der Waals surface area contributed by atoms with E-state index in [4.69, 9.17) is 25.5 Å². The van der Waals surface area contributed by atoms with E-state index < -0.39 is 24.3 Å². The van der Waals surface area contributed by atoms with Gasteiger partial charge in [0.05, 0.1) is 34.7 Å². The van der Waals surface area contributed by atoms with Crippen LogP contribution in [0.15, 0.2) is 12.1 Å². The zero-order valence-electron chi connectivity index (χ0n) is 13.7. The number of esters is 1. The summed E-state index contributed by atoms with van der Waals surface area (Å²) >= 11 is 0. The smallest absolute Gasteiger partial charge is 0.462 e. The van der Waals surface area contributed by atoms with Crippen molar-refractivity contribution in [1.82, 2.24) is 0 Å². The van der Waals surface area contributed by atoms with Crippen molar-refractivity contribution in [3.63, 3.8) is 0 Å². The molecular weight excluding hydrogens is 283 g/mol. The summed E-state index contributed by atoms with van der Waals surface area (Å²) in [6.07, 6.45) is 0. The van der Waals surface area contributed by atoms with Gasteiger partial charge >= 0.3 is 13.1 Å². The molecule has 1 fully saturated rings. The summed E-state index contributed by atoms with van der Waals surface area (Å²) in [4.78, 5) is 11.9. The van der Waals surface area contributed by atoms with Gasteiger partial charge in [-0.05, 0) is 46.8 Å². The van der Waals surface area contributed by atoms with E-state index >= 15 is 0 Å². The highest BCUT2D eigenvalue weighted by Gasteiger charge is 2.52. The van der Waals surface area contributed by atoms with Gasteiger partial charge in [0.2, 0.25) is 0 Å². The third-order valence-electron chi connectivity index (χ3n) is 4.26. The highest BCUT2D eigenvalue weighted by molar-refractivity contribution is 6.64. The predicted octanol–water partition coefficient (Wildman–Crippen LogP) is 1.33. The van der Waals surface area contributed by atoms with Crippen LogP contribution in [-0.4, -0.2) is 30.9 Å². The maximum absolute atomic E-state index is 11.9. The maximum atomic E-state index is 11.9. The molecule has 1 aliphatic heterocycles. The normalized spacial score (nSPS) is 19.2. The third kappa shape index (κ3) is 2.78. The Morgan fingerprint density at radius 3 is 2.23 bits per heavy atom. The lowest BCUT2D eigenvalue weighted by Gasteiger charge is -2.32. The first-order valence-corrected chi connectivity index (χ1v) is 7.30. The van der Waals surface area contributed by atoms with Crippen molar-refractivity contribution in [3.05, 3.63) is 17.7 Å². The summed E-state index contributed by atoms with van der Waals surface area (Å²) in [5.74, 6) is -0.452. The number of anilines is 2. The number of carbonyl (C=O) groups excluding carboxylic acids is 1. The Kier molecular flexibility index (Phi) is 4.15. The van der Waals surface area contributed by atoms with Crippen LogP contribution in [0.4, 0.5) is 11.4 Å². The van der Waals surface area contributed by atoms with E-state index in [1.54, 1.807) is 13.0 Å². The molecule has 0 aromatic heterocycles. The number of hydrogen-bond acceptors (Lipinski definition) is 6. The molecule has 1 aromatic carbocycles. The molecule has 4 N–H and O–H groups in total. The molecule has 1 saturated heterocycles. The fourth-order valence-corrected chi connectivity index (χ4v) is 2.20. The minimum absolute atomic E-state index is 0.287. The van der Waals surface area contributed by atoms with Crippen LogP contribution in [0.2, 0.25) is 0 Å². The second-order valence-corrected chi connectivity index (χ2v) is 6.38. The van der Waals surface area contributed by atoms with Gasteiger partial charge in [0.25, 0.3) is 0 Å². The van der Waals surface area contributed by atoms with E-state index in [2.05, 4.69) is 0 Å². The topological polar surface area (TPSA) is 96.8 Å². The summed E-state index contributed by atoms with van der Waals surface area (Å²) < 4.78 is 16.9. The molecule has 0 aliphatic carbocycles. The summed E-state index contributed by atoms with van der Waals surface area (Å²) in [6.45, 7) is 9.82. The molecule has 2 rings (SSSR count). The van der Waals surface area contributed by atoms with E-state index in [1.807, 2.05) is 27.7 Å². The van der Waals surface area contributed by atoms with E-state index in [1.165, 1.54) is 6.07 Å². The molecule has 0 unspecified atom stereocenters. The number of nitrogen functional groups attached to an aromatic ring is 2. The largest absolute Gasteiger partial charge is 0.497 e. The first kappa shape index (κ1) is 16.6. The third-order valence-corrected chi connectivity index (χ3v) is 4.26. The molecule has 0 atom stereocenters. The quantitative estimate of drug-likeness (QED) is 0.497. The molecule has 7 heteroatoms. The van der Waals surface area contributed by atoms with E-state index in [-0.39, 0.29) is 6.61 Å². The molecule has 120 valence electrons. The first-order valence-electron chi connectivity index (χ1n) is 7.30. The molecule has 1 aliphatic rings. The Labute approximate surface area is 131 Å². The standard InChI is InChI=1S/C15H23BN2O4/c1-6-20-13(19)9-7-10(12(18)11(17)8-9)16-21-14(2,3)15(4,5)22-16/h7-8H,6,17-18H2,1-5H3. The number of rotatable bonds is 3. The molecule has 0 bridgehead atoms. The zero-order chi connectivity index (χ0) is 16.7. The second kappa shape index (κ2) is 5.48. The van der Waals surface area contributed by atoms with Gasteiger partial charge in [0, 0.05) is 5.46 Å². The average molecular weight is 306 g/mol. The van der Waals surface area contributed by atoms with Crippen molar-refractivity contribution in [2.24, 2.45) is 0 Å². The Balaban J connectivity index is 2.42. The second-order valence-electron chi connectivity index (χ2n) is 6.38. The summed E-state index contributed by atoms with van der Waals surface area (Å²) in [5.41, 5.74) is 12.5. The van der Waals surface area contributed by atoms with Gasteiger partial charge in [0.1, 0.15) is 0 Å². The van der Waals surface area contributed by atoms with Crippen LogP contribution in [0, 0.1) is 0 Å². The minimum atomic E-state index is -0.679. The lowest BCUT2D eigenvalue weighted by molar-refractivity contribution is 0.00578. The fourth-order valence-electron chi connectivity index (χ4n) is 2.20.